The molecule has 0 aliphatic rings. The molecule has 0 aliphatic heterocycles. The Morgan fingerprint density at radius 2 is 2.18 bits per heavy atom. The number of hydrogen-bond donors (Lipinski definition) is 2. The second-order valence-corrected chi connectivity index (χ2v) is 3.53. The van der Waals surface area contributed by atoms with Crippen molar-refractivity contribution in [2.45, 2.75) is 0 Å². The summed E-state index contributed by atoms with van der Waals surface area (Å²) in [6.45, 7) is 0. The van der Waals surface area contributed by atoms with Crippen molar-refractivity contribution in [3.05, 3.63) is 28.0 Å². The summed E-state index contributed by atoms with van der Waals surface area (Å²) in [5, 5.41) is 10.4. The van der Waals surface area contributed by atoms with Crippen LogP contribution in [0.25, 0.3) is 10.9 Å². The maximum Gasteiger partial charge on any atom is 0.129 e. The van der Waals surface area contributed by atoms with Gasteiger partial charge in [0, 0.05) is 17.1 Å². The number of aromatic amines is 1. The molecule has 1 aromatic heterocycles. The zero-order chi connectivity index (χ0) is 7.84. The molecule has 0 saturated carbocycles. The molecule has 2 nitrogen and oxygen atoms in total. The molecule has 0 amide bonds. The van der Waals surface area contributed by atoms with Gasteiger partial charge in [-0.15, -0.1) is 0 Å². The van der Waals surface area contributed by atoms with Crippen LogP contribution in [0.3, 0.4) is 0 Å². The van der Waals surface area contributed by atoms with Crippen LogP contribution in [0.4, 0.5) is 0 Å². The van der Waals surface area contributed by atoms with E-state index in [0.717, 1.165) is 14.5 Å². The highest BCUT2D eigenvalue weighted by Crippen LogP contribution is 2.24. The molecule has 1 heterocycles. The van der Waals surface area contributed by atoms with Crippen LogP contribution in [0.15, 0.2) is 24.4 Å². The molecule has 0 unspecified atom stereocenters. The molecule has 56 valence electrons. The average molecular weight is 259 g/mol. The molecule has 2 rings (SSSR count). The highest BCUT2D eigenvalue weighted by atomic mass is 127. The second-order valence-electron chi connectivity index (χ2n) is 2.37. The minimum absolute atomic E-state index is 0.345. The summed E-state index contributed by atoms with van der Waals surface area (Å²) in [6.07, 6.45) is 1.86. The van der Waals surface area contributed by atoms with E-state index >= 15 is 0 Å². The summed E-state index contributed by atoms with van der Waals surface area (Å²) >= 11 is 2.10. The largest absolute Gasteiger partial charge is 0.507 e. The fourth-order valence-electron chi connectivity index (χ4n) is 1.06. The highest BCUT2D eigenvalue weighted by molar-refractivity contribution is 14.1. The molecular formula is C8H6INO. The van der Waals surface area contributed by atoms with E-state index in [1.165, 1.54) is 0 Å². The van der Waals surface area contributed by atoms with Crippen LogP contribution in [0.2, 0.25) is 0 Å². The zero-order valence-corrected chi connectivity index (χ0v) is 7.79. The normalized spacial score (nSPS) is 10.6. The van der Waals surface area contributed by atoms with Crippen LogP contribution < -0.4 is 0 Å². The van der Waals surface area contributed by atoms with Crippen LogP contribution in [0, 0.1) is 3.57 Å². The van der Waals surface area contributed by atoms with Crippen LogP contribution >= 0.6 is 22.6 Å². The Hall–Kier alpha value is -0.710. The van der Waals surface area contributed by atoms with Crippen molar-refractivity contribution in [1.82, 2.24) is 4.98 Å². The summed E-state index contributed by atoms with van der Waals surface area (Å²) < 4.78 is 0.873. The molecule has 0 fully saturated rings. The summed E-state index contributed by atoms with van der Waals surface area (Å²) in [6, 6.07) is 5.62. The number of phenolic OH excluding ortho intramolecular Hbond substituents is 1. The zero-order valence-electron chi connectivity index (χ0n) is 5.63. The molecule has 0 bridgehead atoms. The Morgan fingerprint density at radius 1 is 1.36 bits per heavy atom. The fraction of sp³-hybridized carbons (Fsp3) is 0. The number of fused-ring (bicyclic) bond motifs is 1. The lowest BCUT2D eigenvalue weighted by Gasteiger charge is -1.95. The molecule has 0 radical (unpaired) electrons. The molecule has 2 N–H and O–H groups in total. The Morgan fingerprint density at radius 3 is 3.00 bits per heavy atom. The molecule has 3 heteroatoms. The van der Waals surface area contributed by atoms with Crippen molar-refractivity contribution >= 4 is 33.5 Å². The predicted octanol–water partition coefficient (Wildman–Crippen LogP) is 2.48. The number of benzene rings is 1. The lowest BCUT2D eigenvalue weighted by atomic mass is 10.2. The van der Waals surface area contributed by atoms with Crippen LogP contribution in [-0.4, -0.2) is 10.1 Å². The van der Waals surface area contributed by atoms with Gasteiger partial charge >= 0.3 is 0 Å². The van der Waals surface area contributed by atoms with Gasteiger partial charge in [0.2, 0.25) is 0 Å². The van der Waals surface area contributed by atoms with Gasteiger partial charge in [-0.05, 0) is 40.8 Å². The Labute approximate surface area is 77.4 Å². The number of rotatable bonds is 0. The van der Waals surface area contributed by atoms with E-state index < -0.39 is 0 Å². The van der Waals surface area contributed by atoms with Gasteiger partial charge in [0.15, 0.2) is 0 Å². The van der Waals surface area contributed by atoms with E-state index in [2.05, 4.69) is 27.6 Å². The number of aromatic hydroxyl groups is 1. The first kappa shape index (κ1) is 6.97. The van der Waals surface area contributed by atoms with Gasteiger partial charge in [-0.1, -0.05) is 0 Å². The van der Waals surface area contributed by atoms with Gasteiger partial charge in [-0.25, -0.2) is 0 Å². The van der Waals surface area contributed by atoms with Crippen molar-refractivity contribution in [3.63, 3.8) is 0 Å². The third kappa shape index (κ3) is 1.09. The number of halogens is 1. The van der Waals surface area contributed by atoms with Crippen molar-refractivity contribution in [2.24, 2.45) is 0 Å². The van der Waals surface area contributed by atoms with E-state index in [0.29, 0.717) is 5.75 Å². The minimum Gasteiger partial charge on any atom is -0.507 e. The monoisotopic (exact) mass is 259 g/mol. The molecule has 11 heavy (non-hydrogen) atoms. The number of nitrogens with one attached hydrogen (secondary N) is 1. The SMILES string of the molecule is Oc1cc2cc[nH]c2cc1I. The van der Waals surface area contributed by atoms with E-state index in [4.69, 9.17) is 0 Å². The maximum absolute atomic E-state index is 9.31. The van der Waals surface area contributed by atoms with E-state index in [9.17, 15) is 5.11 Å². The standard InChI is InChI=1S/C8H6INO/c9-6-4-7-5(1-2-10-7)3-8(6)11/h1-4,10-11H. The number of aromatic nitrogens is 1. The lowest BCUT2D eigenvalue weighted by molar-refractivity contribution is 0.472. The third-order valence-corrected chi connectivity index (χ3v) is 2.48. The summed E-state index contributed by atoms with van der Waals surface area (Å²) in [7, 11) is 0. The maximum atomic E-state index is 9.31. The molecule has 0 atom stereocenters. The van der Waals surface area contributed by atoms with Gasteiger partial charge in [0.25, 0.3) is 0 Å². The van der Waals surface area contributed by atoms with Gasteiger partial charge in [-0.3, -0.25) is 0 Å². The molecule has 0 aliphatic carbocycles. The van der Waals surface area contributed by atoms with Crippen LogP contribution in [-0.2, 0) is 0 Å². The topological polar surface area (TPSA) is 36.0 Å². The number of phenols is 1. The minimum atomic E-state index is 0.345. The van der Waals surface area contributed by atoms with Crippen molar-refractivity contribution in [2.75, 3.05) is 0 Å². The Bertz CT molecular complexity index is 358. The van der Waals surface area contributed by atoms with Gasteiger partial charge in [-0.2, -0.15) is 0 Å². The lowest BCUT2D eigenvalue weighted by Crippen LogP contribution is -1.73. The van der Waals surface area contributed by atoms with E-state index in [1.807, 2.05) is 18.3 Å². The number of H-pyrrole nitrogens is 1. The summed E-state index contributed by atoms with van der Waals surface area (Å²) in [5.41, 5.74) is 1.06. The Kier molecular flexibility index (Phi) is 1.52. The van der Waals surface area contributed by atoms with Crippen LogP contribution in [0.5, 0.6) is 5.75 Å². The second kappa shape index (κ2) is 2.41. The van der Waals surface area contributed by atoms with Gasteiger partial charge in [0.1, 0.15) is 5.75 Å². The fourth-order valence-corrected chi connectivity index (χ4v) is 1.53. The molecule has 2 aromatic rings. The molecule has 0 saturated heterocycles. The summed E-state index contributed by atoms with van der Waals surface area (Å²) in [5.74, 6) is 0.345. The number of hydrogen-bond acceptors (Lipinski definition) is 1. The molecule has 1 aromatic carbocycles. The van der Waals surface area contributed by atoms with Gasteiger partial charge in [0.05, 0.1) is 3.57 Å². The van der Waals surface area contributed by atoms with Gasteiger partial charge < -0.3 is 10.1 Å². The highest BCUT2D eigenvalue weighted by Gasteiger charge is 1.99. The van der Waals surface area contributed by atoms with E-state index in [1.54, 1.807) is 6.07 Å². The Balaban J connectivity index is 2.86. The van der Waals surface area contributed by atoms with Crippen molar-refractivity contribution in [1.29, 1.82) is 0 Å². The third-order valence-electron chi connectivity index (χ3n) is 1.62. The van der Waals surface area contributed by atoms with Crippen molar-refractivity contribution < 1.29 is 5.11 Å². The first-order valence-corrected chi connectivity index (χ1v) is 4.31. The quantitative estimate of drug-likeness (QED) is 0.700. The smallest absolute Gasteiger partial charge is 0.129 e. The van der Waals surface area contributed by atoms with E-state index in [-0.39, 0.29) is 0 Å². The van der Waals surface area contributed by atoms with Crippen LogP contribution in [0.1, 0.15) is 0 Å². The summed E-state index contributed by atoms with van der Waals surface area (Å²) in [4.78, 5) is 3.07. The predicted molar refractivity (Wildman–Crippen MR) is 52.7 cm³/mol. The average Bonchev–Trinajstić information content (AvgIpc) is 2.36. The molecular weight excluding hydrogens is 253 g/mol. The first-order valence-electron chi connectivity index (χ1n) is 3.23. The first-order chi connectivity index (χ1) is 5.27. The van der Waals surface area contributed by atoms with Crippen molar-refractivity contribution in [3.8, 4) is 5.75 Å². The molecule has 0 spiro atoms.